The zero-order valence-electron chi connectivity index (χ0n) is 7.90. The molecule has 0 saturated carbocycles. The lowest BCUT2D eigenvalue weighted by Crippen LogP contribution is -2.10. The lowest BCUT2D eigenvalue weighted by Gasteiger charge is -2.10. The van der Waals surface area contributed by atoms with E-state index in [0.717, 1.165) is 10.9 Å². The van der Waals surface area contributed by atoms with E-state index in [0.29, 0.717) is 13.0 Å². The van der Waals surface area contributed by atoms with Gasteiger partial charge in [0.25, 0.3) is 0 Å². The summed E-state index contributed by atoms with van der Waals surface area (Å²) in [4.78, 5) is 4.16. The number of aromatic nitrogens is 2. The number of rotatable bonds is 4. The van der Waals surface area contributed by atoms with Gasteiger partial charge >= 0.3 is 0 Å². The fourth-order valence-corrected chi connectivity index (χ4v) is 1.75. The van der Waals surface area contributed by atoms with Crippen LogP contribution in [0.15, 0.2) is 11.4 Å². The highest BCUT2D eigenvalue weighted by Crippen LogP contribution is 2.20. The maximum Gasteiger partial charge on any atom is 0.167 e. The highest BCUT2D eigenvalue weighted by molar-refractivity contribution is 7.98. The molecule has 0 aromatic carbocycles. The summed E-state index contributed by atoms with van der Waals surface area (Å²) in [5, 5.41) is 10.6. The maximum absolute atomic E-state index is 9.66. The Kier molecular flexibility index (Phi) is 3.77. The van der Waals surface area contributed by atoms with Crippen LogP contribution in [0.5, 0.6) is 0 Å². The molecule has 5 heteroatoms. The minimum absolute atomic E-state index is 0.487. The van der Waals surface area contributed by atoms with E-state index in [4.69, 9.17) is 5.73 Å². The second-order valence-electron chi connectivity index (χ2n) is 2.82. The van der Waals surface area contributed by atoms with Crippen molar-refractivity contribution in [3.63, 3.8) is 0 Å². The minimum Gasteiger partial charge on any atom is -0.387 e. The van der Waals surface area contributed by atoms with Gasteiger partial charge in [0.2, 0.25) is 0 Å². The summed E-state index contributed by atoms with van der Waals surface area (Å²) in [6, 6.07) is 0. The van der Waals surface area contributed by atoms with Crippen LogP contribution in [0.2, 0.25) is 0 Å². The Labute approximate surface area is 82.2 Å². The largest absolute Gasteiger partial charge is 0.387 e. The van der Waals surface area contributed by atoms with Gasteiger partial charge in [0, 0.05) is 7.05 Å². The van der Waals surface area contributed by atoms with Crippen LogP contribution in [0.1, 0.15) is 18.2 Å². The summed E-state index contributed by atoms with van der Waals surface area (Å²) in [5.74, 6) is 0. The summed E-state index contributed by atoms with van der Waals surface area (Å²) in [5.41, 5.74) is 6.19. The van der Waals surface area contributed by atoms with E-state index < -0.39 is 6.10 Å². The molecule has 0 bridgehead atoms. The van der Waals surface area contributed by atoms with Crippen LogP contribution < -0.4 is 5.73 Å². The Morgan fingerprint density at radius 2 is 2.46 bits per heavy atom. The van der Waals surface area contributed by atoms with Gasteiger partial charge in [-0.2, -0.15) is 0 Å². The molecular weight excluding hydrogens is 186 g/mol. The van der Waals surface area contributed by atoms with E-state index >= 15 is 0 Å². The van der Waals surface area contributed by atoms with Crippen LogP contribution in [0, 0.1) is 0 Å². The van der Waals surface area contributed by atoms with E-state index in [-0.39, 0.29) is 0 Å². The lowest BCUT2D eigenvalue weighted by atomic mass is 10.2. The number of nitrogens with zero attached hydrogens (tertiary/aromatic N) is 2. The predicted octanol–water partition coefficient (Wildman–Crippen LogP) is 0.524. The zero-order chi connectivity index (χ0) is 9.84. The van der Waals surface area contributed by atoms with Gasteiger partial charge in [-0.15, -0.1) is 0 Å². The van der Waals surface area contributed by atoms with E-state index in [2.05, 4.69) is 4.98 Å². The van der Waals surface area contributed by atoms with E-state index in [1.54, 1.807) is 18.0 Å². The van der Waals surface area contributed by atoms with Crippen LogP contribution in [0.4, 0.5) is 0 Å². The van der Waals surface area contributed by atoms with E-state index in [1.165, 1.54) is 0 Å². The van der Waals surface area contributed by atoms with Gasteiger partial charge in [-0.3, -0.25) is 0 Å². The standard InChI is InChI=1S/C8H15N3OS/c1-11-6(7(12)3-4-9)5-10-8(11)13-2/h5,7,12H,3-4,9H2,1-2H3. The Bertz CT molecular complexity index is 274. The number of hydrogen-bond acceptors (Lipinski definition) is 4. The van der Waals surface area contributed by atoms with E-state index in [1.807, 2.05) is 17.9 Å². The minimum atomic E-state index is -0.497. The zero-order valence-corrected chi connectivity index (χ0v) is 8.71. The molecule has 0 saturated heterocycles. The van der Waals surface area contributed by atoms with Crippen molar-refractivity contribution in [3.05, 3.63) is 11.9 Å². The van der Waals surface area contributed by atoms with Gasteiger partial charge in [0.05, 0.1) is 18.0 Å². The third-order valence-electron chi connectivity index (χ3n) is 1.95. The number of hydrogen-bond donors (Lipinski definition) is 2. The highest BCUT2D eigenvalue weighted by Gasteiger charge is 2.12. The normalized spacial score (nSPS) is 13.2. The summed E-state index contributed by atoms with van der Waals surface area (Å²) in [6.07, 6.45) is 3.74. The third kappa shape index (κ3) is 2.24. The Morgan fingerprint density at radius 1 is 1.77 bits per heavy atom. The van der Waals surface area contributed by atoms with Crippen LogP contribution >= 0.6 is 11.8 Å². The molecule has 4 nitrogen and oxygen atoms in total. The van der Waals surface area contributed by atoms with Gasteiger partial charge in [0.1, 0.15) is 0 Å². The molecule has 0 spiro atoms. The summed E-state index contributed by atoms with van der Waals surface area (Å²) in [6.45, 7) is 0.487. The van der Waals surface area contributed by atoms with Crippen molar-refractivity contribution in [1.82, 2.24) is 9.55 Å². The molecule has 0 aliphatic carbocycles. The summed E-state index contributed by atoms with van der Waals surface area (Å²) >= 11 is 1.56. The van der Waals surface area contributed by atoms with Gasteiger partial charge in [-0.25, -0.2) is 4.98 Å². The molecule has 13 heavy (non-hydrogen) atoms. The molecule has 0 aliphatic heterocycles. The topological polar surface area (TPSA) is 64.1 Å². The highest BCUT2D eigenvalue weighted by atomic mass is 32.2. The maximum atomic E-state index is 9.66. The molecule has 1 aromatic rings. The molecule has 0 radical (unpaired) electrons. The first-order chi connectivity index (χ1) is 6.20. The molecule has 3 N–H and O–H groups in total. The van der Waals surface area contributed by atoms with Crippen molar-refractivity contribution in [2.75, 3.05) is 12.8 Å². The second-order valence-corrected chi connectivity index (χ2v) is 3.60. The van der Waals surface area contributed by atoms with Crippen LogP contribution in [-0.2, 0) is 7.05 Å². The van der Waals surface area contributed by atoms with Gasteiger partial charge in [-0.1, -0.05) is 11.8 Å². The van der Waals surface area contributed by atoms with Crippen molar-refractivity contribution in [2.45, 2.75) is 17.7 Å². The van der Waals surface area contributed by atoms with Crippen molar-refractivity contribution in [1.29, 1.82) is 0 Å². The van der Waals surface area contributed by atoms with Crippen LogP contribution in [0.3, 0.4) is 0 Å². The molecular formula is C8H15N3OS. The first kappa shape index (κ1) is 10.6. The Hall–Kier alpha value is -0.520. The average molecular weight is 201 g/mol. The molecule has 0 fully saturated rings. The fourth-order valence-electron chi connectivity index (χ4n) is 1.21. The fraction of sp³-hybridized carbons (Fsp3) is 0.625. The molecule has 1 unspecified atom stereocenters. The molecule has 1 atom stereocenters. The average Bonchev–Trinajstić information content (AvgIpc) is 2.47. The molecule has 1 rings (SSSR count). The quantitative estimate of drug-likeness (QED) is 0.697. The van der Waals surface area contributed by atoms with Crippen LogP contribution in [0.25, 0.3) is 0 Å². The summed E-state index contributed by atoms with van der Waals surface area (Å²) in [7, 11) is 1.90. The van der Waals surface area contributed by atoms with E-state index in [9.17, 15) is 5.11 Å². The number of aliphatic hydroxyl groups excluding tert-OH is 1. The second kappa shape index (κ2) is 4.64. The number of thioether (sulfide) groups is 1. The first-order valence-electron chi connectivity index (χ1n) is 4.14. The number of imidazole rings is 1. The molecule has 74 valence electrons. The smallest absolute Gasteiger partial charge is 0.167 e. The van der Waals surface area contributed by atoms with Crippen molar-refractivity contribution >= 4 is 11.8 Å². The van der Waals surface area contributed by atoms with Crippen molar-refractivity contribution in [3.8, 4) is 0 Å². The SMILES string of the molecule is CSc1ncc(C(O)CCN)n1C. The van der Waals surface area contributed by atoms with Gasteiger partial charge in [0.15, 0.2) is 5.16 Å². The Balaban J connectivity index is 2.82. The number of aliphatic hydroxyl groups is 1. The molecule has 0 amide bonds. The van der Waals surface area contributed by atoms with Crippen LogP contribution in [-0.4, -0.2) is 27.5 Å². The molecule has 0 aliphatic rings. The molecule has 1 aromatic heterocycles. The Morgan fingerprint density at radius 3 is 2.92 bits per heavy atom. The monoisotopic (exact) mass is 201 g/mol. The number of nitrogens with two attached hydrogens (primary N) is 1. The van der Waals surface area contributed by atoms with Crippen molar-refractivity contribution in [2.24, 2.45) is 12.8 Å². The lowest BCUT2D eigenvalue weighted by molar-refractivity contribution is 0.161. The first-order valence-corrected chi connectivity index (χ1v) is 5.37. The van der Waals surface area contributed by atoms with Gasteiger partial charge in [-0.05, 0) is 19.2 Å². The summed E-state index contributed by atoms with van der Waals surface area (Å²) < 4.78 is 1.89. The van der Waals surface area contributed by atoms with Gasteiger partial charge < -0.3 is 15.4 Å². The third-order valence-corrected chi connectivity index (χ3v) is 2.69. The predicted molar refractivity (Wildman–Crippen MR) is 53.6 cm³/mol. The van der Waals surface area contributed by atoms with Crippen molar-refractivity contribution < 1.29 is 5.11 Å². The molecule has 1 heterocycles.